The lowest BCUT2D eigenvalue weighted by molar-refractivity contribution is -0.0955. The van der Waals surface area contributed by atoms with Crippen molar-refractivity contribution in [3.8, 4) is 0 Å². The van der Waals surface area contributed by atoms with Gasteiger partial charge < -0.3 is 15.0 Å². The summed E-state index contributed by atoms with van der Waals surface area (Å²) < 4.78 is 46.8. The third-order valence-corrected chi connectivity index (χ3v) is 8.73. The number of benzene rings is 1. The molecular formula is C21H30FN3O4S. The van der Waals surface area contributed by atoms with Gasteiger partial charge in [0, 0.05) is 26.2 Å². The predicted octanol–water partition coefficient (Wildman–Crippen LogP) is 1.98. The molecular weight excluding hydrogens is 409 g/mol. The molecule has 3 fully saturated rings. The minimum Gasteiger partial charge on any atom is -0.365 e. The Morgan fingerprint density at radius 2 is 2.03 bits per heavy atom. The van der Waals surface area contributed by atoms with Crippen LogP contribution in [0.15, 0.2) is 24.3 Å². The molecule has 0 aliphatic carbocycles. The van der Waals surface area contributed by atoms with E-state index in [9.17, 15) is 17.6 Å². The molecule has 9 heteroatoms. The minimum absolute atomic E-state index is 0.205. The average Bonchev–Trinajstić information content (AvgIpc) is 3.06. The highest BCUT2D eigenvalue weighted by molar-refractivity contribution is 7.90. The highest BCUT2D eigenvalue weighted by Crippen LogP contribution is 2.46. The molecule has 0 aromatic heterocycles. The van der Waals surface area contributed by atoms with Crippen LogP contribution in [0.1, 0.15) is 32.3 Å². The molecule has 2 bridgehead atoms. The van der Waals surface area contributed by atoms with E-state index >= 15 is 0 Å². The zero-order chi connectivity index (χ0) is 21.5. The molecule has 1 aromatic rings. The number of ether oxygens (including phenoxy) is 1. The molecule has 1 N–H and O–H groups in total. The van der Waals surface area contributed by atoms with Crippen molar-refractivity contribution < 1.29 is 22.3 Å². The maximum atomic E-state index is 13.1. The van der Waals surface area contributed by atoms with E-state index < -0.39 is 20.9 Å². The highest BCUT2D eigenvalue weighted by Gasteiger charge is 2.65. The second kappa shape index (κ2) is 8.09. The number of nitrogens with one attached hydrogen (secondary N) is 1. The number of urea groups is 1. The summed E-state index contributed by atoms with van der Waals surface area (Å²) in [6, 6.07) is 6.01. The number of carbonyl (C=O) groups is 1. The van der Waals surface area contributed by atoms with Crippen LogP contribution in [0.25, 0.3) is 0 Å². The average molecular weight is 440 g/mol. The zero-order valence-electron chi connectivity index (χ0n) is 17.5. The van der Waals surface area contributed by atoms with Gasteiger partial charge >= 0.3 is 6.03 Å². The summed E-state index contributed by atoms with van der Waals surface area (Å²) in [6.07, 6.45) is 1.61. The van der Waals surface area contributed by atoms with Gasteiger partial charge in [-0.25, -0.2) is 17.6 Å². The van der Waals surface area contributed by atoms with Crippen LogP contribution >= 0.6 is 0 Å². The standard InChI is InChI=1S/C21H30FN3O4S/c1-15(2)8-10-25-14-21-13-24(12-18(29-21)11-19(21)30(25,27)28)20(26)23-9-7-16-3-5-17(22)6-4-16/h3-6,15,18-19H,7-14H2,1-2H3,(H,23,26)/t18-,19+,21+/m1/s1. The maximum Gasteiger partial charge on any atom is 0.317 e. The maximum absolute atomic E-state index is 13.1. The fourth-order valence-corrected chi connectivity index (χ4v) is 7.11. The van der Waals surface area contributed by atoms with E-state index in [0.717, 1.165) is 12.0 Å². The third kappa shape index (κ3) is 4.07. The van der Waals surface area contributed by atoms with Crippen LogP contribution in [-0.4, -0.2) is 73.3 Å². The fourth-order valence-electron chi connectivity index (χ4n) is 4.78. The lowest BCUT2D eigenvalue weighted by Gasteiger charge is -2.39. The van der Waals surface area contributed by atoms with Crippen LogP contribution < -0.4 is 5.32 Å². The van der Waals surface area contributed by atoms with Crippen LogP contribution in [0, 0.1) is 11.7 Å². The molecule has 3 atom stereocenters. The Balaban J connectivity index is 1.37. The lowest BCUT2D eigenvalue weighted by Crippen LogP contribution is -2.58. The molecule has 7 nitrogen and oxygen atoms in total. The van der Waals surface area contributed by atoms with E-state index in [2.05, 4.69) is 19.2 Å². The van der Waals surface area contributed by atoms with Crippen molar-refractivity contribution in [2.75, 3.05) is 32.7 Å². The number of morpholine rings is 1. The van der Waals surface area contributed by atoms with Gasteiger partial charge in [-0.3, -0.25) is 0 Å². The summed E-state index contributed by atoms with van der Waals surface area (Å²) >= 11 is 0. The number of hydrogen-bond donors (Lipinski definition) is 1. The number of likely N-dealkylation sites (tertiary alicyclic amines) is 1. The number of amides is 2. The van der Waals surface area contributed by atoms with Gasteiger partial charge in [-0.15, -0.1) is 0 Å². The number of nitrogens with zero attached hydrogens (tertiary/aromatic N) is 2. The van der Waals surface area contributed by atoms with Gasteiger partial charge in [0.05, 0.1) is 12.6 Å². The lowest BCUT2D eigenvalue weighted by atomic mass is 9.99. The number of halogens is 1. The molecule has 30 heavy (non-hydrogen) atoms. The van der Waals surface area contributed by atoms with Crippen LogP contribution in [0.3, 0.4) is 0 Å². The smallest absolute Gasteiger partial charge is 0.317 e. The third-order valence-electron chi connectivity index (χ3n) is 6.36. The van der Waals surface area contributed by atoms with Gasteiger partial charge in [-0.2, -0.15) is 4.31 Å². The first-order valence-corrected chi connectivity index (χ1v) is 12.1. The first-order chi connectivity index (χ1) is 14.2. The highest BCUT2D eigenvalue weighted by atomic mass is 32.2. The Hall–Kier alpha value is -1.71. The van der Waals surface area contributed by atoms with Crippen molar-refractivity contribution in [1.29, 1.82) is 0 Å². The summed E-state index contributed by atoms with van der Waals surface area (Å²) in [5.74, 6) is 0.135. The van der Waals surface area contributed by atoms with Crippen LogP contribution in [0.5, 0.6) is 0 Å². The quantitative estimate of drug-likeness (QED) is 0.735. The topological polar surface area (TPSA) is 79.0 Å². The van der Waals surface area contributed by atoms with E-state index in [1.807, 2.05) is 0 Å². The molecule has 4 rings (SSSR count). The van der Waals surface area contributed by atoms with Crippen molar-refractivity contribution in [3.63, 3.8) is 0 Å². The van der Waals surface area contributed by atoms with Crippen LogP contribution in [0.4, 0.5) is 9.18 Å². The first-order valence-electron chi connectivity index (χ1n) is 10.6. The van der Waals surface area contributed by atoms with Crippen molar-refractivity contribution in [2.24, 2.45) is 5.92 Å². The molecule has 0 radical (unpaired) electrons. The number of sulfonamides is 1. The molecule has 0 unspecified atom stereocenters. The molecule has 3 saturated heterocycles. The molecule has 1 aromatic carbocycles. The number of fused-ring (bicyclic) bond motifs is 1. The number of carbonyl (C=O) groups excluding carboxylic acids is 1. The Bertz CT molecular complexity index is 892. The Morgan fingerprint density at radius 1 is 1.30 bits per heavy atom. The van der Waals surface area contributed by atoms with E-state index in [0.29, 0.717) is 44.9 Å². The summed E-state index contributed by atoms with van der Waals surface area (Å²) in [4.78, 5) is 14.4. The van der Waals surface area contributed by atoms with Crippen molar-refractivity contribution in [1.82, 2.24) is 14.5 Å². The fraction of sp³-hybridized carbons (Fsp3) is 0.667. The van der Waals surface area contributed by atoms with Gasteiger partial charge in [0.15, 0.2) is 0 Å². The molecule has 3 heterocycles. The molecule has 166 valence electrons. The van der Waals surface area contributed by atoms with Gasteiger partial charge in [-0.05, 0) is 42.9 Å². The molecule has 1 spiro atoms. The van der Waals surface area contributed by atoms with Crippen LogP contribution in [-0.2, 0) is 21.2 Å². The van der Waals surface area contributed by atoms with Gasteiger partial charge in [0.1, 0.15) is 16.7 Å². The normalized spacial score (nSPS) is 29.9. The molecule has 2 amide bonds. The van der Waals surface area contributed by atoms with Crippen molar-refractivity contribution >= 4 is 16.1 Å². The van der Waals surface area contributed by atoms with E-state index in [1.54, 1.807) is 21.3 Å². The monoisotopic (exact) mass is 439 g/mol. The van der Waals surface area contributed by atoms with Gasteiger partial charge in [-0.1, -0.05) is 26.0 Å². The van der Waals surface area contributed by atoms with E-state index in [4.69, 9.17) is 4.74 Å². The number of rotatable bonds is 6. The van der Waals surface area contributed by atoms with Gasteiger partial charge in [0.2, 0.25) is 10.0 Å². The van der Waals surface area contributed by atoms with Gasteiger partial charge in [0.25, 0.3) is 0 Å². The van der Waals surface area contributed by atoms with Crippen molar-refractivity contribution in [2.45, 2.75) is 50.1 Å². The Labute approximate surface area is 177 Å². The predicted molar refractivity (Wildman–Crippen MR) is 111 cm³/mol. The second-order valence-electron chi connectivity index (χ2n) is 9.08. The summed E-state index contributed by atoms with van der Waals surface area (Å²) in [5, 5.41) is 2.34. The minimum atomic E-state index is -3.41. The summed E-state index contributed by atoms with van der Waals surface area (Å²) in [7, 11) is -3.41. The SMILES string of the molecule is CC(C)CCN1C[C@@]23CN(C(=O)NCCc4ccc(F)cc4)C[C@@H](C[C@@H]2S1(=O)=O)O3. The molecule has 3 aliphatic heterocycles. The second-order valence-corrected chi connectivity index (χ2v) is 11.2. The van der Waals surface area contributed by atoms with Crippen molar-refractivity contribution in [3.05, 3.63) is 35.6 Å². The Morgan fingerprint density at radius 3 is 2.73 bits per heavy atom. The first kappa shape index (κ1) is 21.5. The Kier molecular flexibility index (Phi) is 5.80. The largest absolute Gasteiger partial charge is 0.365 e. The van der Waals surface area contributed by atoms with E-state index in [1.165, 1.54) is 12.1 Å². The zero-order valence-corrected chi connectivity index (χ0v) is 18.3. The molecule has 0 saturated carbocycles. The number of hydrogen-bond acceptors (Lipinski definition) is 4. The van der Waals surface area contributed by atoms with Crippen LogP contribution in [0.2, 0.25) is 0 Å². The van der Waals surface area contributed by atoms with E-state index in [-0.39, 0.29) is 24.5 Å². The summed E-state index contributed by atoms with van der Waals surface area (Å²) in [5.41, 5.74) is 0.118. The summed E-state index contributed by atoms with van der Waals surface area (Å²) in [6.45, 7) is 6.09. The molecule has 3 aliphatic rings.